The van der Waals surface area contributed by atoms with E-state index in [0.717, 1.165) is 43.4 Å². The van der Waals surface area contributed by atoms with Crippen molar-refractivity contribution in [1.29, 1.82) is 0 Å². The Hall–Kier alpha value is -2.90. The minimum atomic E-state index is -0.916. The molecule has 30 heavy (non-hydrogen) atoms. The summed E-state index contributed by atoms with van der Waals surface area (Å²) in [4.78, 5) is 50.4. The van der Waals surface area contributed by atoms with Crippen molar-refractivity contribution in [1.82, 2.24) is 10.2 Å². The number of nitrogens with zero attached hydrogens (tertiary/aromatic N) is 1. The zero-order chi connectivity index (χ0) is 21.3. The van der Waals surface area contributed by atoms with E-state index in [0.29, 0.717) is 12.1 Å². The van der Waals surface area contributed by atoms with Crippen molar-refractivity contribution in [3.63, 3.8) is 0 Å². The summed E-state index contributed by atoms with van der Waals surface area (Å²) >= 11 is 0. The van der Waals surface area contributed by atoms with Crippen molar-refractivity contribution in [2.24, 2.45) is 5.92 Å². The van der Waals surface area contributed by atoms with Crippen LogP contribution in [0, 0.1) is 5.92 Å². The molecule has 0 unspecified atom stereocenters. The van der Waals surface area contributed by atoms with Crippen LogP contribution in [-0.2, 0) is 32.0 Å². The van der Waals surface area contributed by atoms with Gasteiger partial charge in [-0.1, -0.05) is 25.8 Å². The molecule has 1 aromatic carbocycles. The van der Waals surface area contributed by atoms with E-state index in [4.69, 9.17) is 4.74 Å². The average Bonchev–Trinajstić information content (AvgIpc) is 3.27. The maximum atomic E-state index is 12.9. The molecule has 1 saturated carbocycles. The van der Waals surface area contributed by atoms with Gasteiger partial charge >= 0.3 is 12.0 Å². The Bertz CT molecular complexity index is 899. The van der Waals surface area contributed by atoms with Gasteiger partial charge in [-0.2, -0.15) is 0 Å². The number of esters is 1. The van der Waals surface area contributed by atoms with Crippen LogP contribution in [0.3, 0.4) is 0 Å². The number of amides is 4. The number of anilines is 1. The van der Waals surface area contributed by atoms with Gasteiger partial charge in [-0.25, -0.2) is 4.79 Å². The van der Waals surface area contributed by atoms with Gasteiger partial charge in [-0.3, -0.25) is 19.3 Å². The van der Waals surface area contributed by atoms with E-state index in [9.17, 15) is 19.2 Å². The predicted molar refractivity (Wildman–Crippen MR) is 109 cm³/mol. The average molecular weight is 413 g/mol. The number of carbonyl (C=O) groups excluding carboxylic acids is 4. The Labute approximate surface area is 175 Å². The highest BCUT2D eigenvalue weighted by atomic mass is 16.5. The summed E-state index contributed by atoms with van der Waals surface area (Å²) in [6.45, 7) is 0.981. The fraction of sp³-hybridized carbons (Fsp3) is 0.545. The van der Waals surface area contributed by atoms with E-state index < -0.39 is 36.6 Å². The fourth-order valence-electron chi connectivity index (χ4n) is 4.81. The van der Waals surface area contributed by atoms with Crippen molar-refractivity contribution in [3.05, 3.63) is 29.3 Å². The number of imide groups is 1. The molecular formula is C22H27N3O5. The highest BCUT2D eigenvalue weighted by molar-refractivity contribution is 6.09. The van der Waals surface area contributed by atoms with E-state index in [1.807, 2.05) is 25.1 Å². The standard InChI is InChI=1S/C22H27N3O5/c1-14-5-2-3-10-22(14)20(28)25(21(29)24-22)12-19(27)30-13-18(26)23-17-9-8-15-6-4-7-16(15)11-17/h8-9,11,14H,2-7,10,12-13H2,1H3,(H,23,26)(H,24,29)/t14-,22-/m0/s1. The predicted octanol–water partition coefficient (Wildman–Crippen LogP) is 2.16. The number of hydrogen-bond acceptors (Lipinski definition) is 5. The van der Waals surface area contributed by atoms with Crippen LogP contribution in [-0.4, -0.2) is 47.4 Å². The molecule has 2 aliphatic carbocycles. The van der Waals surface area contributed by atoms with E-state index in [-0.39, 0.29) is 11.8 Å². The summed E-state index contributed by atoms with van der Waals surface area (Å²) in [6, 6.07) is 5.21. The van der Waals surface area contributed by atoms with Gasteiger partial charge in [0, 0.05) is 5.69 Å². The minimum Gasteiger partial charge on any atom is -0.454 e. The second-order valence-corrected chi connectivity index (χ2v) is 8.49. The van der Waals surface area contributed by atoms with Crippen LogP contribution in [0.1, 0.15) is 50.2 Å². The molecule has 2 N–H and O–H groups in total. The van der Waals surface area contributed by atoms with Gasteiger partial charge < -0.3 is 15.4 Å². The van der Waals surface area contributed by atoms with E-state index >= 15 is 0 Å². The number of ether oxygens (including phenoxy) is 1. The smallest absolute Gasteiger partial charge is 0.326 e. The van der Waals surface area contributed by atoms with Crippen LogP contribution in [0.15, 0.2) is 18.2 Å². The molecule has 2 atom stereocenters. The lowest BCUT2D eigenvalue weighted by Crippen LogP contribution is -2.54. The van der Waals surface area contributed by atoms with Crippen LogP contribution in [0.4, 0.5) is 10.5 Å². The van der Waals surface area contributed by atoms with Crippen LogP contribution in [0.2, 0.25) is 0 Å². The first-order chi connectivity index (χ1) is 14.4. The Morgan fingerprint density at radius 3 is 2.80 bits per heavy atom. The summed E-state index contributed by atoms with van der Waals surface area (Å²) in [5, 5.41) is 5.51. The monoisotopic (exact) mass is 413 g/mol. The number of nitrogens with one attached hydrogen (secondary N) is 2. The first kappa shape index (κ1) is 20.4. The Morgan fingerprint density at radius 1 is 1.20 bits per heavy atom. The van der Waals surface area contributed by atoms with Crippen molar-refractivity contribution in [2.45, 2.75) is 57.4 Å². The number of rotatable bonds is 5. The summed E-state index contributed by atoms with van der Waals surface area (Å²) in [5.74, 6) is -1.61. The van der Waals surface area contributed by atoms with Gasteiger partial charge in [0.15, 0.2) is 6.61 Å². The summed E-state index contributed by atoms with van der Waals surface area (Å²) in [5.41, 5.74) is 2.28. The number of carbonyl (C=O) groups is 4. The molecule has 4 rings (SSSR count). The Balaban J connectivity index is 1.29. The zero-order valence-corrected chi connectivity index (χ0v) is 17.2. The fourth-order valence-corrected chi connectivity index (χ4v) is 4.81. The lowest BCUT2D eigenvalue weighted by atomic mass is 9.73. The van der Waals surface area contributed by atoms with Gasteiger partial charge in [0.05, 0.1) is 0 Å². The largest absolute Gasteiger partial charge is 0.454 e. The highest BCUT2D eigenvalue weighted by Crippen LogP contribution is 2.38. The first-order valence-electron chi connectivity index (χ1n) is 10.6. The number of fused-ring (bicyclic) bond motifs is 1. The zero-order valence-electron chi connectivity index (χ0n) is 17.2. The maximum Gasteiger partial charge on any atom is 0.326 e. The molecule has 0 radical (unpaired) electrons. The minimum absolute atomic E-state index is 0.0156. The van der Waals surface area contributed by atoms with Gasteiger partial charge in [-0.15, -0.1) is 0 Å². The highest BCUT2D eigenvalue weighted by Gasteiger charge is 2.55. The molecular weight excluding hydrogens is 386 g/mol. The Kier molecular flexibility index (Phi) is 5.49. The number of hydrogen-bond donors (Lipinski definition) is 2. The second-order valence-electron chi connectivity index (χ2n) is 8.49. The molecule has 2 fully saturated rings. The molecule has 1 saturated heterocycles. The van der Waals surface area contributed by atoms with Crippen LogP contribution < -0.4 is 10.6 Å². The molecule has 0 bridgehead atoms. The van der Waals surface area contributed by atoms with Crippen molar-refractivity contribution in [2.75, 3.05) is 18.5 Å². The first-order valence-corrected chi connectivity index (χ1v) is 10.6. The SMILES string of the molecule is C[C@H]1CCCC[C@]12NC(=O)N(CC(=O)OCC(=O)Nc1ccc3c(c1)CCC3)C2=O. The molecule has 4 amide bonds. The maximum absolute atomic E-state index is 12.9. The van der Waals surface area contributed by atoms with Crippen molar-refractivity contribution < 1.29 is 23.9 Å². The second kappa shape index (κ2) is 8.08. The van der Waals surface area contributed by atoms with Crippen LogP contribution >= 0.6 is 0 Å². The molecule has 8 nitrogen and oxygen atoms in total. The lowest BCUT2D eigenvalue weighted by molar-refractivity contribution is -0.150. The van der Waals surface area contributed by atoms with E-state index in [1.165, 1.54) is 11.1 Å². The number of aryl methyl sites for hydroxylation is 2. The van der Waals surface area contributed by atoms with Crippen molar-refractivity contribution in [3.8, 4) is 0 Å². The van der Waals surface area contributed by atoms with Gasteiger partial charge in [0.2, 0.25) is 0 Å². The van der Waals surface area contributed by atoms with Crippen LogP contribution in [0.25, 0.3) is 0 Å². The van der Waals surface area contributed by atoms with Crippen LogP contribution in [0.5, 0.6) is 0 Å². The van der Waals surface area contributed by atoms with Crippen molar-refractivity contribution >= 4 is 29.5 Å². The molecule has 8 heteroatoms. The van der Waals surface area contributed by atoms with E-state index in [1.54, 1.807) is 0 Å². The molecule has 160 valence electrons. The van der Waals surface area contributed by atoms with Gasteiger partial charge in [-0.05, 0) is 61.3 Å². The summed E-state index contributed by atoms with van der Waals surface area (Å²) in [6.07, 6.45) is 6.49. The van der Waals surface area contributed by atoms with Gasteiger partial charge in [0.1, 0.15) is 12.1 Å². The molecule has 0 aromatic heterocycles. The molecule has 1 spiro atoms. The third-order valence-corrected chi connectivity index (χ3v) is 6.54. The lowest BCUT2D eigenvalue weighted by Gasteiger charge is -2.36. The third-order valence-electron chi connectivity index (χ3n) is 6.54. The molecule has 1 aliphatic heterocycles. The third kappa shape index (κ3) is 3.78. The molecule has 3 aliphatic rings. The summed E-state index contributed by atoms with van der Waals surface area (Å²) in [7, 11) is 0. The number of urea groups is 1. The molecule has 1 heterocycles. The quantitative estimate of drug-likeness (QED) is 0.569. The number of benzene rings is 1. The summed E-state index contributed by atoms with van der Waals surface area (Å²) < 4.78 is 5.01. The topological polar surface area (TPSA) is 105 Å². The Morgan fingerprint density at radius 2 is 2.00 bits per heavy atom. The molecule has 1 aromatic rings. The van der Waals surface area contributed by atoms with E-state index in [2.05, 4.69) is 10.6 Å². The normalized spacial score (nSPS) is 25.2. The van der Waals surface area contributed by atoms with Gasteiger partial charge in [0.25, 0.3) is 11.8 Å².